The van der Waals surface area contributed by atoms with Gasteiger partial charge in [0.2, 0.25) is 5.91 Å². The van der Waals surface area contributed by atoms with E-state index < -0.39 is 66.8 Å². The lowest BCUT2D eigenvalue weighted by Crippen LogP contribution is -2.59. The van der Waals surface area contributed by atoms with Crippen molar-refractivity contribution in [3.8, 4) is 0 Å². The highest BCUT2D eigenvalue weighted by Gasteiger charge is 2.45. The monoisotopic (exact) mass is 666 g/mol. The summed E-state index contributed by atoms with van der Waals surface area (Å²) in [5, 5.41) is 7.79. The van der Waals surface area contributed by atoms with Crippen LogP contribution in [0.4, 0.5) is 36.7 Å². The number of amides is 4. The molecule has 0 radical (unpaired) electrons. The lowest BCUT2D eigenvalue weighted by molar-refractivity contribution is -0.185. The first-order valence-electron chi connectivity index (χ1n) is 15.4. The third-order valence-electron chi connectivity index (χ3n) is 8.59. The first kappa shape index (κ1) is 35.1. The molecule has 0 unspecified atom stereocenters. The molecule has 4 rings (SSSR count). The smallest absolute Gasteiger partial charge is 0.408 e. The van der Waals surface area contributed by atoms with Gasteiger partial charge in [-0.15, -0.1) is 0 Å². The van der Waals surface area contributed by atoms with Gasteiger partial charge in [-0.3, -0.25) is 4.79 Å². The lowest BCUT2D eigenvalue weighted by Gasteiger charge is -2.41. The summed E-state index contributed by atoms with van der Waals surface area (Å²) in [4.78, 5) is 46.4. The number of rotatable bonds is 8. The van der Waals surface area contributed by atoms with E-state index in [9.17, 15) is 36.3 Å². The van der Waals surface area contributed by atoms with E-state index in [4.69, 9.17) is 4.74 Å². The van der Waals surface area contributed by atoms with Crippen molar-refractivity contribution >= 4 is 34.5 Å². The molecule has 254 valence electrons. The molecule has 0 bridgehead atoms. The molecule has 2 atom stereocenters. The number of anilines is 1. The van der Waals surface area contributed by atoms with E-state index in [0.717, 1.165) is 41.9 Å². The van der Waals surface area contributed by atoms with Crippen molar-refractivity contribution in [2.45, 2.75) is 96.0 Å². The highest BCUT2D eigenvalue weighted by molar-refractivity contribution is 7.15. The third-order valence-corrected chi connectivity index (χ3v) is 9.60. The number of halogens is 5. The number of hydrogen-bond donors (Lipinski definition) is 3. The molecule has 4 amide bonds. The average Bonchev–Trinajstić information content (AvgIpc) is 3.39. The minimum Gasteiger partial charge on any atom is -0.444 e. The van der Waals surface area contributed by atoms with Crippen LogP contribution >= 0.6 is 11.3 Å². The van der Waals surface area contributed by atoms with Crippen LogP contribution in [0.25, 0.3) is 0 Å². The van der Waals surface area contributed by atoms with E-state index in [1.54, 1.807) is 25.7 Å². The van der Waals surface area contributed by atoms with Gasteiger partial charge in [0.1, 0.15) is 11.6 Å². The van der Waals surface area contributed by atoms with Gasteiger partial charge in [0.05, 0.1) is 29.9 Å². The highest BCUT2D eigenvalue weighted by atomic mass is 32.1. The second-order valence-electron chi connectivity index (χ2n) is 13.5. The molecule has 3 heterocycles. The van der Waals surface area contributed by atoms with Crippen LogP contribution in [-0.4, -0.2) is 89.3 Å². The summed E-state index contributed by atoms with van der Waals surface area (Å²) < 4.78 is 73.9. The predicted octanol–water partition coefficient (Wildman–Crippen LogP) is 5.78. The average molecular weight is 667 g/mol. The fraction of sp³-hybridized carbons (Fsp3) is 0.793. The predicted molar refractivity (Wildman–Crippen MR) is 158 cm³/mol. The standard InChI is InChI=1S/C29H43F5N6O4S/c1-17-5-7-18(8-6-17)22(37-26(43)44-27(2,3)4)23(41)38-24-35-13-21(45-24)20(40-16-28(30,31)15-36-25(40)42)14-39-11-9-19(10-12-39)29(32,33)34/h13,17-20,22H,5-12,14-16H2,1-4H3,(H,36,42)(H,37,43)(H,35,38,41)/t17?,18?,20-,22+/m1/s1. The molecule has 1 aromatic rings. The fourth-order valence-electron chi connectivity index (χ4n) is 6.10. The first-order chi connectivity index (χ1) is 20.9. The number of carbonyl (C=O) groups excluding carboxylic acids is 3. The topological polar surface area (TPSA) is 116 Å². The number of thiazole rings is 1. The van der Waals surface area contributed by atoms with Gasteiger partial charge in [0.25, 0.3) is 5.92 Å². The second-order valence-corrected chi connectivity index (χ2v) is 14.5. The Hall–Kier alpha value is -2.75. The first-order valence-corrected chi connectivity index (χ1v) is 16.2. The van der Waals surface area contributed by atoms with E-state index >= 15 is 0 Å². The molecule has 2 aliphatic heterocycles. The lowest BCUT2D eigenvalue weighted by atomic mass is 9.79. The zero-order valence-corrected chi connectivity index (χ0v) is 26.8. The Morgan fingerprint density at radius 3 is 2.38 bits per heavy atom. The molecule has 10 nitrogen and oxygen atoms in total. The number of alkyl carbamates (subject to hydrolysis) is 1. The summed E-state index contributed by atoms with van der Waals surface area (Å²) in [6.07, 6.45) is -0.668. The van der Waals surface area contributed by atoms with E-state index in [1.165, 1.54) is 6.20 Å². The second kappa shape index (κ2) is 13.9. The van der Waals surface area contributed by atoms with Crippen LogP contribution in [0, 0.1) is 17.8 Å². The maximum atomic E-state index is 14.4. The van der Waals surface area contributed by atoms with Crippen LogP contribution in [0.1, 0.15) is 77.1 Å². The van der Waals surface area contributed by atoms with Gasteiger partial charge >= 0.3 is 18.3 Å². The number of ether oxygens (including phenoxy) is 1. The summed E-state index contributed by atoms with van der Waals surface area (Å²) >= 11 is 0.992. The molecule has 1 aliphatic carbocycles. The van der Waals surface area contributed by atoms with Crippen LogP contribution in [0.15, 0.2) is 6.20 Å². The number of carbonyl (C=O) groups is 3. The highest BCUT2D eigenvalue weighted by Crippen LogP contribution is 2.37. The maximum Gasteiger partial charge on any atom is 0.408 e. The molecule has 1 aromatic heterocycles. The van der Waals surface area contributed by atoms with Crippen molar-refractivity contribution in [2.75, 3.05) is 38.0 Å². The van der Waals surface area contributed by atoms with Crippen molar-refractivity contribution in [3.05, 3.63) is 11.1 Å². The summed E-state index contributed by atoms with van der Waals surface area (Å²) in [7, 11) is 0. The van der Waals surface area contributed by atoms with Crippen LogP contribution in [0.2, 0.25) is 0 Å². The Labute approximate surface area is 263 Å². The van der Waals surface area contributed by atoms with E-state index in [-0.39, 0.29) is 43.5 Å². The number of alkyl halides is 5. The van der Waals surface area contributed by atoms with Gasteiger partial charge < -0.3 is 30.5 Å². The molecule has 3 fully saturated rings. The minimum absolute atomic E-state index is 0.0206. The van der Waals surface area contributed by atoms with Crippen LogP contribution in [0.3, 0.4) is 0 Å². The quantitative estimate of drug-likeness (QED) is 0.303. The van der Waals surface area contributed by atoms with Gasteiger partial charge in [0, 0.05) is 12.7 Å². The Morgan fingerprint density at radius 1 is 1.13 bits per heavy atom. The van der Waals surface area contributed by atoms with E-state index in [2.05, 4.69) is 27.9 Å². The number of likely N-dealkylation sites (tertiary alicyclic amines) is 1. The molecule has 0 aromatic carbocycles. The van der Waals surface area contributed by atoms with Crippen molar-refractivity contribution in [3.63, 3.8) is 0 Å². The summed E-state index contributed by atoms with van der Waals surface area (Å²) in [6.45, 7) is 5.80. The van der Waals surface area contributed by atoms with Gasteiger partial charge in [-0.1, -0.05) is 31.1 Å². The molecule has 3 aliphatic rings. The van der Waals surface area contributed by atoms with E-state index in [1.807, 2.05) is 0 Å². The molecule has 3 N–H and O–H groups in total. The molecule has 1 saturated carbocycles. The minimum atomic E-state index is -4.31. The molecule has 16 heteroatoms. The SMILES string of the molecule is CC1CCC([C@H](NC(=O)OC(C)(C)C)C(=O)Nc2ncc([C@@H](CN3CCC(C(F)(F)F)CC3)N3CC(F)(F)CNC3=O)s2)CC1. The maximum absolute atomic E-state index is 14.4. The van der Waals surface area contributed by atoms with Crippen molar-refractivity contribution in [1.82, 2.24) is 25.4 Å². The number of urea groups is 1. The Kier molecular flexibility index (Phi) is 10.9. The number of nitrogens with one attached hydrogen (secondary N) is 3. The summed E-state index contributed by atoms with van der Waals surface area (Å²) in [6, 6.07) is -2.57. The summed E-state index contributed by atoms with van der Waals surface area (Å²) in [5.41, 5.74) is -0.773. The van der Waals surface area contributed by atoms with Gasteiger partial charge in [-0.2, -0.15) is 13.2 Å². The fourth-order valence-corrected chi connectivity index (χ4v) is 7.02. The number of hydrogen-bond acceptors (Lipinski definition) is 7. The zero-order valence-electron chi connectivity index (χ0n) is 26.0. The Morgan fingerprint density at radius 2 is 1.78 bits per heavy atom. The summed E-state index contributed by atoms with van der Waals surface area (Å²) in [5.74, 6) is -4.79. The normalized spacial score (nSPS) is 24.8. The van der Waals surface area contributed by atoms with Gasteiger partial charge in [-0.25, -0.2) is 23.4 Å². The van der Waals surface area contributed by atoms with Crippen LogP contribution < -0.4 is 16.0 Å². The number of aromatic nitrogens is 1. The molecule has 45 heavy (non-hydrogen) atoms. The zero-order chi connectivity index (χ0) is 33.2. The molecule has 0 spiro atoms. The van der Waals surface area contributed by atoms with Crippen molar-refractivity contribution in [2.24, 2.45) is 17.8 Å². The molecular formula is C29H43F5N6O4S. The molecular weight excluding hydrogens is 623 g/mol. The Bertz CT molecular complexity index is 1190. The third kappa shape index (κ3) is 9.87. The molecule has 2 saturated heterocycles. The Balaban J connectivity index is 1.52. The number of nitrogens with zero attached hydrogens (tertiary/aromatic N) is 3. The van der Waals surface area contributed by atoms with Crippen molar-refractivity contribution in [1.29, 1.82) is 0 Å². The number of piperidine rings is 1. The van der Waals surface area contributed by atoms with Gasteiger partial charge in [0.15, 0.2) is 5.13 Å². The van der Waals surface area contributed by atoms with Crippen LogP contribution in [-0.2, 0) is 9.53 Å². The van der Waals surface area contributed by atoms with Crippen LogP contribution in [0.5, 0.6) is 0 Å². The largest absolute Gasteiger partial charge is 0.444 e. The van der Waals surface area contributed by atoms with Crippen molar-refractivity contribution < 1.29 is 41.1 Å². The van der Waals surface area contributed by atoms with Gasteiger partial charge in [-0.05, 0) is 71.4 Å². The van der Waals surface area contributed by atoms with E-state index in [0.29, 0.717) is 10.8 Å².